The van der Waals surface area contributed by atoms with Crippen molar-refractivity contribution in [2.24, 2.45) is 0 Å². The summed E-state index contributed by atoms with van der Waals surface area (Å²) in [5.74, 6) is -2.48. The second kappa shape index (κ2) is 4.59. The molecule has 2 N–H and O–H groups in total. The van der Waals surface area contributed by atoms with E-state index in [1.54, 1.807) is 13.0 Å². The number of hydrogen-bond donors (Lipinski definition) is 2. The molecule has 1 rings (SSSR count). The molecular formula is C9H11NO5. The van der Waals surface area contributed by atoms with Crippen LogP contribution in [-0.2, 0) is 9.59 Å². The van der Waals surface area contributed by atoms with Crippen LogP contribution in [0.2, 0.25) is 0 Å². The summed E-state index contributed by atoms with van der Waals surface area (Å²) in [6, 6.07) is 1.55. The van der Waals surface area contributed by atoms with Crippen LogP contribution in [0.3, 0.4) is 0 Å². The van der Waals surface area contributed by atoms with Gasteiger partial charge in [0.15, 0.2) is 0 Å². The molecule has 0 radical (unpaired) electrons. The van der Waals surface area contributed by atoms with Crippen LogP contribution < -0.4 is 0 Å². The van der Waals surface area contributed by atoms with Crippen LogP contribution >= 0.6 is 0 Å². The second-order valence-corrected chi connectivity index (χ2v) is 3.26. The Morgan fingerprint density at radius 2 is 1.93 bits per heavy atom. The zero-order valence-electron chi connectivity index (χ0n) is 8.14. The van der Waals surface area contributed by atoms with Crippen LogP contribution in [0.4, 0.5) is 0 Å². The van der Waals surface area contributed by atoms with E-state index in [2.05, 4.69) is 5.16 Å². The zero-order valence-corrected chi connectivity index (χ0v) is 8.14. The van der Waals surface area contributed by atoms with Crippen LogP contribution in [0.15, 0.2) is 10.6 Å². The second-order valence-electron chi connectivity index (χ2n) is 3.26. The average Bonchev–Trinajstić information content (AvgIpc) is 2.48. The van der Waals surface area contributed by atoms with Crippen LogP contribution in [0.25, 0.3) is 0 Å². The molecule has 0 aliphatic heterocycles. The normalized spacial score (nSPS) is 10.5. The van der Waals surface area contributed by atoms with Crippen molar-refractivity contribution in [3.05, 3.63) is 17.5 Å². The SMILES string of the molecule is Cc1cc(C(CC(=O)O)CC(=O)O)on1. The van der Waals surface area contributed by atoms with E-state index in [0.717, 1.165) is 0 Å². The Kier molecular flexibility index (Phi) is 3.43. The molecule has 6 nitrogen and oxygen atoms in total. The van der Waals surface area contributed by atoms with Crippen LogP contribution in [0.5, 0.6) is 0 Å². The van der Waals surface area contributed by atoms with Crippen molar-refractivity contribution in [3.63, 3.8) is 0 Å². The lowest BCUT2D eigenvalue weighted by molar-refractivity contribution is -0.139. The zero-order chi connectivity index (χ0) is 11.4. The Labute approximate surface area is 85.5 Å². The Bertz CT molecular complexity index is 354. The molecule has 0 atom stereocenters. The minimum Gasteiger partial charge on any atom is -0.481 e. The molecule has 0 unspecified atom stereocenters. The number of aryl methyl sites for hydroxylation is 1. The predicted octanol–water partition coefficient (Wildman–Crippen LogP) is 1.02. The fourth-order valence-corrected chi connectivity index (χ4v) is 1.27. The van der Waals surface area contributed by atoms with Crippen molar-refractivity contribution in [2.75, 3.05) is 0 Å². The molecule has 0 aliphatic carbocycles. The Morgan fingerprint density at radius 3 is 2.27 bits per heavy atom. The highest BCUT2D eigenvalue weighted by atomic mass is 16.5. The lowest BCUT2D eigenvalue weighted by Crippen LogP contribution is -2.10. The monoisotopic (exact) mass is 213 g/mol. The molecule has 0 spiro atoms. The fourth-order valence-electron chi connectivity index (χ4n) is 1.27. The van der Waals surface area contributed by atoms with Crippen LogP contribution in [0.1, 0.15) is 30.2 Å². The van der Waals surface area contributed by atoms with Gasteiger partial charge in [-0.2, -0.15) is 0 Å². The summed E-state index contributed by atoms with van der Waals surface area (Å²) in [6.45, 7) is 1.69. The maximum absolute atomic E-state index is 10.5. The van der Waals surface area contributed by atoms with E-state index in [1.807, 2.05) is 0 Å². The standard InChI is InChI=1S/C9H11NO5/c1-5-2-7(15-10-5)6(3-8(11)12)4-9(13)14/h2,6H,3-4H2,1H3,(H,11,12)(H,13,14). The maximum Gasteiger partial charge on any atom is 0.304 e. The van der Waals surface area contributed by atoms with Crippen molar-refractivity contribution in [3.8, 4) is 0 Å². The number of carboxylic acid groups (broad SMARTS) is 2. The highest BCUT2D eigenvalue weighted by Crippen LogP contribution is 2.24. The first-order chi connectivity index (χ1) is 6.99. The largest absolute Gasteiger partial charge is 0.481 e. The molecule has 1 aromatic heterocycles. The summed E-state index contributed by atoms with van der Waals surface area (Å²) in [4.78, 5) is 21.0. The molecule has 1 heterocycles. The summed E-state index contributed by atoms with van der Waals surface area (Å²) >= 11 is 0. The first-order valence-corrected chi connectivity index (χ1v) is 4.36. The van der Waals surface area contributed by atoms with E-state index < -0.39 is 17.9 Å². The third-order valence-corrected chi connectivity index (χ3v) is 1.89. The fraction of sp³-hybridized carbons (Fsp3) is 0.444. The van der Waals surface area contributed by atoms with Gasteiger partial charge in [0, 0.05) is 12.0 Å². The number of aliphatic carboxylic acids is 2. The molecule has 15 heavy (non-hydrogen) atoms. The van der Waals surface area contributed by atoms with Gasteiger partial charge in [-0.15, -0.1) is 0 Å². The molecule has 0 aromatic carbocycles. The first kappa shape index (κ1) is 11.2. The smallest absolute Gasteiger partial charge is 0.304 e. The van der Waals surface area contributed by atoms with Crippen molar-refractivity contribution in [1.29, 1.82) is 0 Å². The van der Waals surface area contributed by atoms with Gasteiger partial charge in [0.05, 0.1) is 18.5 Å². The van der Waals surface area contributed by atoms with E-state index in [-0.39, 0.29) is 12.8 Å². The molecule has 0 saturated heterocycles. The number of rotatable bonds is 5. The van der Waals surface area contributed by atoms with Gasteiger partial charge in [0.25, 0.3) is 0 Å². The lowest BCUT2D eigenvalue weighted by atomic mass is 9.98. The number of hydrogen-bond acceptors (Lipinski definition) is 4. The summed E-state index contributed by atoms with van der Waals surface area (Å²) in [5.41, 5.74) is 0.603. The van der Waals surface area contributed by atoms with Crippen molar-refractivity contribution >= 4 is 11.9 Å². The molecule has 0 saturated carbocycles. The summed E-state index contributed by atoms with van der Waals surface area (Å²) < 4.78 is 4.85. The van der Waals surface area contributed by atoms with E-state index in [0.29, 0.717) is 11.5 Å². The van der Waals surface area contributed by atoms with Gasteiger partial charge in [-0.25, -0.2) is 0 Å². The molecular weight excluding hydrogens is 202 g/mol. The van der Waals surface area contributed by atoms with E-state index in [1.165, 1.54) is 0 Å². The summed E-state index contributed by atoms with van der Waals surface area (Å²) in [6.07, 6.45) is -0.554. The third kappa shape index (κ3) is 3.41. The highest BCUT2D eigenvalue weighted by molar-refractivity contribution is 5.72. The Balaban J connectivity index is 2.80. The van der Waals surface area contributed by atoms with E-state index >= 15 is 0 Å². The number of carbonyl (C=O) groups is 2. The first-order valence-electron chi connectivity index (χ1n) is 4.36. The average molecular weight is 213 g/mol. The summed E-state index contributed by atoms with van der Waals surface area (Å²) in [7, 11) is 0. The lowest BCUT2D eigenvalue weighted by Gasteiger charge is -2.07. The predicted molar refractivity (Wildman–Crippen MR) is 48.5 cm³/mol. The topological polar surface area (TPSA) is 101 Å². The third-order valence-electron chi connectivity index (χ3n) is 1.89. The minimum absolute atomic E-state index is 0.277. The van der Waals surface area contributed by atoms with E-state index in [9.17, 15) is 9.59 Å². The van der Waals surface area contributed by atoms with Crippen LogP contribution in [0, 0.1) is 6.92 Å². The number of aromatic nitrogens is 1. The molecule has 0 amide bonds. The van der Waals surface area contributed by atoms with Gasteiger partial charge < -0.3 is 14.7 Å². The number of carboxylic acids is 2. The van der Waals surface area contributed by atoms with Crippen molar-refractivity contribution in [1.82, 2.24) is 5.16 Å². The Morgan fingerprint density at radius 1 is 1.40 bits per heavy atom. The van der Waals surface area contributed by atoms with Crippen LogP contribution in [-0.4, -0.2) is 27.3 Å². The van der Waals surface area contributed by atoms with E-state index in [4.69, 9.17) is 14.7 Å². The van der Waals surface area contributed by atoms with Gasteiger partial charge in [-0.1, -0.05) is 5.16 Å². The molecule has 0 bridgehead atoms. The maximum atomic E-state index is 10.5. The van der Waals surface area contributed by atoms with Gasteiger partial charge in [0.1, 0.15) is 5.76 Å². The highest BCUT2D eigenvalue weighted by Gasteiger charge is 2.22. The van der Waals surface area contributed by atoms with Crippen molar-refractivity contribution < 1.29 is 24.3 Å². The molecule has 0 fully saturated rings. The number of nitrogens with zero attached hydrogens (tertiary/aromatic N) is 1. The van der Waals surface area contributed by atoms with Gasteiger partial charge in [-0.05, 0) is 6.92 Å². The quantitative estimate of drug-likeness (QED) is 0.757. The minimum atomic E-state index is -1.06. The van der Waals surface area contributed by atoms with Gasteiger partial charge >= 0.3 is 11.9 Å². The molecule has 1 aromatic rings. The molecule has 82 valence electrons. The Hall–Kier alpha value is -1.85. The molecule has 6 heteroatoms. The van der Waals surface area contributed by atoms with Crippen molar-refractivity contribution in [2.45, 2.75) is 25.7 Å². The molecule has 0 aliphatic rings. The van der Waals surface area contributed by atoms with Gasteiger partial charge in [-0.3, -0.25) is 9.59 Å². The van der Waals surface area contributed by atoms with Gasteiger partial charge in [0.2, 0.25) is 0 Å². The summed E-state index contributed by atoms with van der Waals surface area (Å²) in [5, 5.41) is 20.8.